The molecule has 0 spiro atoms. The van der Waals surface area contributed by atoms with Crippen LogP contribution < -0.4 is 0 Å². The first kappa shape index (κ1) is 8.13. The maximum absolute atomic E-state index is 12.9. The van der Waals surface area contributed by atoms with Crippen LogP contribution in [0.3, 0.4) is 0 Å². The number of hydrogen-bond acceptors (Lipinski definition) is 2. The molecule has 0 saturated heterocycles. The molecule has 1 aromatic heterocycles. The quantitative estimate of drug-likeness (QED) is 0.757. The van der Waals surface area contributed by atoms with E-state index in [0.717, 1.165) is 0 Å². The SMILES string of the molecule is OC[C@H]1[C@H](c2cccs2)C1(F)F. The Morgan fingerprint density at radius 2 is 2.33 bits per heavy atom. The van der Waals surface area contributed by atoms with E-state index in [2.05, 4.69) is 0 Å². The maximum atomic E-state index is 12.9. The first-order chi connectivity index (χ1) is 5.68. The highest BCUT2D eigenvalue weighted by Crippen LogP contribution is 2.61. The Bertz CT molecular complexity index is 271. The molecule has 1 heterocycles. The average molecular weight is 190 g/mol. The topological polar surface area (TPSA) is 20.2 Å². The van der Waals surface area contributed by atoms with E-state index >= 15 is 0 Å². The lowest BCUT2D eigenvalue weighted by molar-refractivity contribution is 0.0787. The minimum atomic E-state index is -2.68. The van der Waals surface area contributed by atoms with Crippen molar-refractivity contribution in [1.29, 1.82) is 0 Å². The number of aliphatic hydroxyl groups is 1. The zero-order chi connectivity index (χ0) is 8.77. The molecule has 4 heteroatoms. The Kier molecular flexibility index (Phi) is 1.70. The molecule has 1 N–H and O–H groups in total. The molecule has 0 aromatic carbocycles. The van der Waals surface area contributed by atoms with E-state index in [1.807, 2.05) is 0 Å². The normalized spacial score (nSPS) is 31.9. The molecule has 0 amide bonds. The fourth-order valence-electron chi connectivity index (χ4n) is 1.47. The lowest BCUT2D eigenvalue weighted by Gasteiger charge is -1.90. The summed E-state index contributed by atoms with van der Waals surface area (Å²) in [5, 5.41) is 10.4. The standard InChI is InChI=1S/C8H8F2OS/c9-8(10)5(4-11)7(8)6-2-1-3-12-6/h1-3,5,7,11H,4H2/t5-,7+/m0/s1. The monoisotopic (exact) mass is 190 g/mol. The van der Waals surface area contributed by atoms with Gasteiger partial charge in [0.15, 0.2) is 0 Å². The molecule has 1 nitrogen and oxygen atoms in total. The van der Waals surface area contributed by atoms with E-state index in [1.54, 1.807) is 17.5 Å². The van der Waals surface area contributed by atoms with Crippen LogP contribution in [0.2, 0.25) is 0 Å². The van der Waals surface area contributed by atoms with Crippen LogP contribution in [0.25, 0.3) is 0 Å². The fraction of sp³-hybridized carbons (Fsp3) is 0.500. The highest BCUT2D eigenvalue weighted by atomic mass is 32.1. The van der Waals surface area contributed by atoms with Crippen molar-refractivity contribution in [3.8, 4) is 0 Å². The molecule has 0 unspecified atom stereocenters. The summed E-state index contributed by atoms with van der Waals surface area (Å²) in [6, 6.07) is 3.45. The summed E-state index contributed by atoms with van der Waals surface area (Å²) >= 11 is 1.32. The van der Waals surface area contributed by atoms with Crippen LogP contribution >= 0.6 is 11.3 Å². The smallest absolute Gasteiger partial charge is 0.262 e. The van der Waals surface area contributed by atoms with Crippen molar-refractivity contribution < 1.29 is 13.9 Å². The zero-order valence-corrected chi connectivity index (χ0v) is 7.02. The van der Waals surface area contributed by atoms with Gasteiger partial charge in [0.1, 0.15) is 0 Å². The van der Waals surface area contributed by atoms with Gasteiger partial charge in [-0.2, -0.15) is 0 Å². The van der Waals surface area contributed by atoms with E-state index in [9.17, 15) is 8.78 Å². The van der Waals surface area contributed by atoms with Gasteiger partial charge in [-0.1, -0.05) is 6.07 Å². The Labute approximate surface area is 72.7 Å². The maximum Gasteiger partial charge on any atom is 0.262 e. The van der Waals surface area contributed by atoms with Gasteiger partial charge in [0, 0.05) is 4.88 Å². The van der Waals surface area contributed by atoms with Gasteiger partial charge in [0.2, 0.25) is 0 Å². The summed E-state index contributed by atoms with van der Waals surface area (Å²) in [4.78, 5) is 0.680. The summed E-state index contributed by atoms with van der Waals surface area (Å²) in [5.74, 6) is -4.27. The number of hydrogen-bond donors (Lipinski definition) is 1. The second-order valence-corrected chi connectivity index (χ2v) is 3.94. The Balaban J connectivity index is 2.19. The van der Waals surface area contributed by atoms with E-state index in [0.29, 0.717) is 4.88 Å². The molecule has 0 radical (unpaired) electrons. The largest absolute Gasteiger partial charge is 0.396 e. The van der Waals surface area contributed by atoms with Crippen LogP contribution in [0.15, 0.2) is 17.5 Å². The van der Waals surface area contributed by atoms with Gasteiger partial charge in [0.25, 0.3) is 5.92 Å². The minimum absolute atomic E-state index is 0.421. The molecule has 66 valence electrons. The van der Waals surface area contributed by atoms with Crippen LogP contribution in [0, 0.1) is 5.92 Å². The molecule has 2 rings (SSSR count). The molecule has 1 saturated carbocycles. The summed E-state index contributed by atoms with van der Waals surface area (Å²) in [7, 11) is 0. The summed E-state index contributed by atoms with van der Waals surface area (Å²) < 4.78 is 25.7. The Morgan fingerprint density at radius 3 is 2.75 bits per heavy atom. The molecular formula is C8H8F2OS. The first-order valence-corrected chi connectivity index (χ1v) is 4.58. The molecule has 0 bridgehead atoms. The van der Waals surface area contributed by atoms with Crippen LogP contribution in [-0.4, -0.2) is 17.6 Å². The number of rotatable bonds is 2. The zero-order valence-electron chi connectivity index (χ0n) is 6.21. The summed E-state index contributed by atoms with van der Waals surface area (Å²) in [5.41, 5.74) is 0. The summed E-state index contributed by atoms with van der Waals surface area (Å²) in [6.07, 6.45) is 0. The molecule has 1 aliphatic carbocycles. The highest BCUT2D eigenvalue weighted by Gasteiger charge is 2.68. The molecule has 1 aromatic rings. The third-order valence-corrected chi connectivity index (χ3v) is 3.20. The second kappa shape index (κ2) is 2.50. The lowest BCUT2D eigenvalue weighted by atomic mass is 10.3. The Hall–Kier alpha value is -0.480. The summed E-state index contributed by atoms with van der Waals surface area (Å²) in [6.45, 7) is -0.421. The number of aliphatic hydroxyl groups excluding tert-OH is 1. The minimum Gasteiger partial charge on any atom is -0.396 e. The fourth-order valence-corrected chi connectivity index (χ4v) is 2.41. The predicted molar refractivity (Wildman–Crippen MR) is 42.6 cm³/mol. The van der Waals surface area contributed by atoms with E-state index in [-0.39, 0.29) is 0 Å². The van der Waals surface area contributed by atoms with E-state index in [4.69, 9.17) is 5.11 Å². The Morgan fingerprint density at radius 1 is 1.58 bits per heavy atom. The molecule has 1 fully saturated rings. The molecule has 12 heavy (non-hydrogen) atoms. The van der Waals surface area contributed by atoms with Crippen molar-refractivity contribution in [2.45, 2.75) is 11.8 Å². The van der Waals surface area contributed by atoms with Crippen molar-refractivity contribution in [3.63, 3.8) is 0 Å². The van der Waals surface area contributed by atoms with Crippen molar-refractivity contribution in [2.75, 3.05) is 6.61 Å². The third kappa shape index (κ3) is 0.983. The molecule has 1 aliphatic rings. The van der Waals surface area contributed by atoms with E-state index in [1.165, 1.54) is 11.3 Å². The lowest BCUT2D eigenvalue weighted by Crippen LogP contribution is -1.96. The number of thiophene rings is 1. The van der Waals surface area contributed by atoms with Crippen molar-refractivity contribution in [1.82, 2.24) is 0 Å². The van der Waals surface area contributed by atoms with Gasteiger partial charge >= 0.3 is 0 Å². The average Bonchev–Trinajstić information content (AvgIpc) is 2.50. The predicted octanol–water partition coefficient (Wildman–Crippen LogP) is 2.09. The van der Waals surface area contributed by atoms with Gasteiger partial charge < -0.3 is 5.11 Å². The van der Waals surface area contributed by atoms with Crippen molar-refractivity contribution in [3.05, 3.63) is 22.4 Å². The molecule has 2 atom stereocenters. The molecular weight excluding hydrogens is 182 g/mol. The van der Waals surface area contributed by atoms with Gasteiger partial charge in [0.05, 0.1) is 18.4 Å². The van der Waals surface area contributed by atoms with Gasteiger partial charge in [-0.15, -0.1) is 11.3 Å². The van der Waals surface area contributed by atoms with Gasteiger partial charge in [-0.05, 0) is 11.4 Å². The van der Waals surface area contributed by atoms with Crippen LogP contribution in [0.1, 0.15) is 10.8 Å². The third-order valence-electron chi connectivity index (χ3n) is 2.25. The number of alkyl halides is 2. The first-order valence-electron chi connectivity index (χ1n) is 3.70. The highest BCUT2D eigenvalue weighted by molar-refractivity contribution is 7.10. The second-order valence-electron chi connectivity index (χ2n) is 2.96. The number of halogens is 2. The van der Waals surface area contributed by atoms with Crippen molar-refractivity contribution >= 4 is 11.3 Å². The van der Waals surface area contributed by atoms with E-state index < -0.39 is 24.4 Å². The van der Waals surface area contributed by atoms with Gasteiger partial charge in [-0.3, -0.25) is 0 Å². The van der Waals surface area contributed by atoms with Crippen LogP contribution in [0.5, 0.6) is 0 Å². The van der Waals surface area contributed by atoms with Gasteiger partial charge in [-0.25, -0.2) is 8.78 Å². The van der Waals surface area contributed by atoms with Crippen molar-refractivity contribution in [2.24, 2.45) is 5.92 Å². The molecule has 0 aliphatic heterocycles. The van der Waals surface area contributed by atoms with Crippen LogP contribution in [0.4, 0.5) is 8.78 Å². The van der Waals surface area contributed by atoms with Crippen LogP contribution in [-0.2, 0) is 0 Å².